The zero-order chi connectivity index (χ0) is 17.6. The lowest BCUT2D eigenvalue weighted by atomic mass is 10.0. The maximum atomic E-state index is 12.4. The van der Waals surface area contributed by atoms with Gasteiger partial charge in [-0.15, -0.1) is 0 Å². The van der Waals surface area contributed by atoms with Gasteiger partial charge in [-0.25, -0.2) is 4.79 Å². The largest absolute Gasteiger partial charge is 0.462 e. The van der Waals surface area contributed by atoms with E-state index in [4.69, 9.17) is 4.74 Å². The lowest BCUT2D eigenvalue weighted by Gasteiger charge is -2.15. The Bertz CT molecular complexity index is 876. The Kier molecular flexibility index (Phi) is 5.29. The van der Waals surface area contributed by atoms with Gasteiger partial charge in [-0.2, -0.15) is 0 Å². The predicted octanol–water partition coefficient (Wildman–Crippen LogP) is 4.59. The van der Waals surface area contributed by atoms with Crippen molar-refractivity contribution in [1.29, 1.82) is 0 Å². The first kappa shape index (κ1) is 17.0. The van der Waals surface area contributed by atoms with Crippen molar-refractivity contribution >= 4 is 22.6 Å². The van der Waals surface area contributed by atoms with Crippen LogP contribution in [0.25, 0.3) is 10.9 Å². The van der Waals surface area contributed by atoms with E-state index in [0.717, 1.165) is 28.6 Å². The minimum absolute atomic E-state index is 0.337. The number of nitrogens with one attached hydrogen (secondary N) is 1. The van der Waals surface area contributed by atoms with Crippen molar-refractivity contribution in [3.63, 3.8) is 0 Å². The highest BCUT2D eigenvalue weighted by Crippen LogP contribution is 2.28. The first-order valence-corrected chi connectivity index (χ1v) is 8.59. The number of carbonyl (C=O) groups is 1. The monoisotopic (exact) mass is 334 g/mol. The van der Waals surface area contributed by atoms with Crippen LogP contribution in [0.1, 0.15) is 35.3 Å². The molecule has 0 spiro atoms. The highest BCUT2D eigenvalue weighted by molar-refractivity contribution is 6.05. The van der Waals surface area contributed by atoms with E-state index in [1.54, 1.807) is 13.1 Å². The molecule has 0 saturated heterocycles. The lowest BCUT2D eigenvalue weighted by Crippen LogP contribution is -2.11. The van der Waals surface area contributed by atoms with Crippen LogP contribution in [0.5, 0.6) is 0 Å². The molecule has 2 aromatic carbocycles. The molecule has 0 radical (unpaired) electrons. The van der Waals surface area contributed by atoms with E-state index in [9.17, 15) is 4.79 Å². The molecule has 128 valence electrons. The summed E-state index contributed by atoms with van der Waals surface area (Å²) in [5, 5.41) is 4.37. The average Bonchev–Trinajstić information content (AvgIpc) is 2.66. The Balaban J connectivity index is 2.05. The molecule has 0 amide bonds. The maximum Gasteiger partial charge on any atom is 0.341 e. The summed E-state index contributed by atoms with van der Waals surface area (Å²) in [4.78, 5) is 16.8. The van der Waals surface area contributed by atoms with Crippen molar-refractivity contribution in [2.24, 2.45) is 0 Å². The molecule has 0 fully saturated rings. The second-order valence-electron chi connectivity index (χ2n) is 5.81. The summed E-state index contributed by atoms with van der Waals surface area (Å²) in [6.45, 7) is 4.88. The number of fused-ring (bicyclic) bond motifs is 1. The van der Waals surface area contributed by atoms with E-state index in [-0.39, 0.29) is 5.97 Å². The highest BCUT2D eigenvalue weighted by Gasteiger charge is 2.16. The number of nitrogens with zero attached hydrogens (tertiary/aromatic N) is 1. The van der Waals surface area contributed by atoms with Gasteiger partial charge in [0, 0.05) is 18.1 Å². The molecule has 3 rings (SSSR count). The molecule has 1 heterocycles. The summed E-state index contributed by atoms with van der Waals surface area (Å²) in [6, 6.07) is 16.3. The van der Waals surface area contributed by atoms with E-state index in [1.807, 2.05) is 24.3 Å². The SMILES string of the molecule is CCOC(=O)c1cnc2ccc(CC)cc2c1NCc1ccccc1. The van der Waals surface area contributed by atoms with Crippen LogP contribution in [0, 0.1) is 0 Å². The number of anilines is 1. The number of esters is 1. The Morgan fingerprint density at radius 3 is 2.60 bits per heavy atom. The molecule has 0 bridgehead atoms. The molecule has 0 aliphatic carbocycles. The van der Waals surface area contributed by atoms with Gasteiger partial charge in [0.1, 0.15) is 5.56 Å². The smallest absolute Gasteiger partial charge is 0.341 e. The van der Waals surface area contributed by atoms with Gasteiger partial charge in [-0.1, -0.05) is 43.3 Å². The highest BCUT2D eigenvalue weighted by atomic mass is 16.5. The summed E-state index contributed by atoms with van der Waals surface area (Å²) in [5.74, 6) is -0.352. The topological polar surface area (TPSA) is 51.2 Å². The number of aryl methyl sites for hydroxylation is 1. The average molecular weight is 334 g/mol. The number of ether oxygens (including phenoxy) is 1. The maximum absolute atomic E-state index is 12.4. The van der Waals surface area contributed by atoms with Crippen LogP contribution in [0.15, 0.2) is 54.7 Å². The van der Waals surface area contributed by atoms with Gasteiger partial charge in [0.05, 0.1) is 17.8 Å². The summed E-state index contributed by atoms with van der Waals surface area (Å²) >= 11 is 0. The molecule has 1 aromatic heterocycles. The standard InChI is InChI=1S/C21H22N2O2/c1-3-15-10-11-19-17(12-15)20(18(14-22-19)21(24)25-4-2)23-13-16-8-6-5-7-9-16/h5-12,14H,3-4,13H2,1-2H3,(H,22,23). The molecule has 1 N–H and O–H groups in total. The molecule has 0 aliphatic rings. The Morgan fingerprint density at radius 1 is 1.08 bits per heavy atom. The van der Waals surface area contributed by atoms with Crippen LogP contribution in [0.3, 0.4) is 0 Å². The fourth-order valence-electron chi connectivity index (χ4n) is 2.80. The van der Waals surface area contributed by atoms with Gasteiger partial charge in [0.2, 0.25) is 0 Å². The third kappa shape index (κ3) is 3.79. The van der Waals surface area contributed by atoms with Crippen molar-refractivity contribution in [2.45, 2.75) is 26.8 Å². The number of hydrogen-bond donors (Lipinski definition) is 1. The van der Waals surface area contributed by atoms with Crippen LogP contribution in [-0.2, 0) is 17.7 Å². The lowest BCUT2D eigenvalue weighted by molar-refractivity contribution is 0.0527. The van der Waals surface area contributed by atoms with Crippen LogP contribution in [0.4, 0.5) is 5.69 Å². The van der Waals surface area contributed by atoms with Crippen LogP contribution >= 0.6 is 0 Å². The van der Waals surface area contributed by atoms with Gasteiger partial charge in [0.25, 0.3) is 0 Å². The normalized spacial score (nSPS) is 10.6. The van der Waals surface area contributed by atoms with Gasteiger partial charge >= 0.3 is 5.97 Å². The Labute approximate surface area is 147 Å². The summed E-state index contributed by atoms with van der Waals surface area (Å²) in [5.41, 5.74) is 4.47. The van der Waals surface area contributed by atoms with Crippen molar-refractivity contribution in [1.82, 2.24) is 4.98 Å². The van der Waals surface area contributed by atoms with Gasteiger partial charge < -0.3 is 10.1 Å². The third-order valence-corrected chi connectivity index (χ3v) is 4.15. The van der Waals surface area contributed by atoms with Crippen molar-refractivity contribution in [3.8, 4) is 0 Å². The first-order chi connectivity index (χ1) is 12.2. The summed E-state index contributed by atoms with van der Waals surface area (Å²) < 4.78 is 5.21. The molecule has 0 aliphatic heterocycles. The van der Waals surface area contributed by atoms with Crippen molar-refractivity contribution in [3.05, 3.63) is 71.4 Å². The predicted molar refractivity (Wildman–Crippen MR) is 101 cm³/mol. The van der Waals surface area contributed by atoms with E-state index in [0.29, 0.717) is 18.7 Å². The number of carbonyl (C=O) groups excluding carboxylic acids is 1. The second kappa shape index (κ2) is 7.79. The third-order valence-electron chi connectivity index (χ3n) is 4.15. The van der Waals surface area contributed by atoms with Gasteiger partial charge in [-0.3, -0.25) is 4.98 Å². The first-order valence-electron chi connectivity index (χ1n) is 8.59. The number of hydrogen-bond acceptors (Lipinski definition) is 4. The zero-order valence-electron chi connectivity index (χ0n) is 14.6. The van der Waals surface area contributed by atoms with Crippen LogP contribution in [0.2, 0.25) is 0 Å². The summed E-state index contributed by atoms with van der Waals surface area (Å²) in [6.07, 6.45) is 2.52. The van der Waals surface area contributed by atoms with Crippen LogP contribution in [-0.4, -0.2) is 17.6 Å². The molecule has 25 heavy (non-hydrogen) atoms. The van der Waals surface area contributed by atoms with E-state index >= 15 is 0 Å². The number of benzene rings is 2. The number of aromatic nitrogens is 1. The molecule has 0 saturated carbocycles. The van der Waals surface area contributed by atoms with E-state index in [2.05, 4.69) is 41.5 Å². The minimum Gasteiger partial charge on any atom is -0.462 e. The minimum atomic E-state index is -0.352. The second-order valence-corrected chi connectivity index (χ2v) is 5.81. The Hall–Kier alpha value is -2.88. The fraction of sp³-hybridized carbons (Fsp3) is 0.238. The van der Waals surface area contributed by atoms with E-state index < -0.39 is 0 Å². The number of rotatable bonds is 6. The van der Waals surface area contributed by atoms with Crippen molar-refractivity contribution < 1.29 is 9.53 Å². The molecular formula is C21H22N2O2. The van der Waals surface area contributed by atoms with Gasteiger partial charge in [0.15, 0.2) is 0 Å². The zero-order valence-corrected chi connectivity index (χ0v) is 14.6. The molecule has 4 heteroatoms. The number of pyridine rings is 1. The Morgan fingerprint density at radius 2 is 1.88 bits per heavy atom. The quantitative estimate of drug-likeness (QED) is 0.670. The molecule has 0 atom stereocenters. The van der Waals surface area contributed by atoms with Crippen LogP contribution < -0.4 is 5.32 Å². The van der Waals surface area contributed by atoms with Crippen molar-refractivity contribution in [2.75, 3.05) is 11.9 Å². The fourth-order valence-corrected chi connectivity index (χ4v) is 2.80. The molecule has 0 unspecified atom stereocenters. The molecule has 4 nitrogen and oxygen atoms in total. The molecule has 3 aromatic rings. The van der Waals surface area contributed by atoms with E-state index in [1.165, 1.54) is 5.56 Å². The molecular weight excluding hydrogens is 312 g/mol. The summed E-state index contributed by atoms with van der Waals surface area (Å²) in [7, 11) is 0. The van der Waals surface area contributed by atoms with Gasteiger partial charge in [-0.05, 0) is 36.6 Å².